The molecule has 0 bridgehead atoms. The highest BCUT2D eigenvalue weighted by Gasteiger charge is 2.11. The van der Waals surface area contributed by atoms with Crippen LogP contribution in [0.25, 0.3) is 0 Å². The molecule has 3 aromatic rings. The van der Waals surface area contributed by atoms with Crippen LogP contribution in [0.3, 0.4) is 0 Å². The van der Waals surface area contributed by atoms with Crippen LogP contribution in [0.1, 0.15) is 41.9 Å². The molecule has 31 heavy (non-hydrogen) atoms. The van der Waals surface area contributed by atoms with E-state index in [4.69, 9.17) is 0 Å². The minimum Gasteiger partial charge on any atom is -0.351 e. The number of carbonyl (C=O) groups is 1. The molecule has 6 heteroatoms. The van der Waals surface area contributed by atoms with Gasteiger partial charge in [-0.15, -0.1) is 0 Å². The molecule has 1 aromatic heterocycles. The number of hydrogen-bond donors (Lipinski definition) is 2. The van der Waals surface area contributed by atoms with Crippen molar-refractivity contribution in [2.45, 2.75) is 45.4 Å². The van der Waals surface area contributed by atoms with E-state index in [2.05, 4.69) is 64.4 Å². The van der Waals surface area contributed by atoms with Gasteiger partial charge in [0.1, 0.15) is 0 Å². The van der Waals surface area contributed by atoms with Crippen molar-refractivity contribution in [3.8, 4) is 0 Å². The number of carbonyl (C=O) groups excluding carboxylic acids is 1. The summed E-state index contributed by atoms with van der Waals surface area (Å²) < 4.78 is 0. The first-order valence-electron chi connectivity index (χ1n) is 10.9. The molecule has 0 saturated carbocycles. The second-order valence-corrected chi connectivity index (χ2v) is 8.54. The first-order valence-corrected chi connectivity index (χ1v) is 11.9. The van der Waals surface area contributed by atoms with E-state index in [-0.39, 0.29) is 5.91 Å². The van der Waals surface area contributed by atoms with Gasteiger partial charge in [-0.1, -0.05) is 80.2 Å². The first kappa shape index (κ1) is 23.1. The van der Waals surface area contributed by atoms with Gasteiger partial charge in [0.2, 0.25) is 5.91 Å². The predicted molar refractivity (Wildman–Crippen MR) is 128 cm³/mol. The van der Waals surface area contributed by atoms with E-state index in [0.717, 1.165) is 42.6 Å². The fourth-order valence-electron chi connectivity index (χ4n) is 3.45. The van der Waals surface area contributed by atoms with Crippen LogP contribution in [0.2, 0.25) is 0 Å². The van der Waals surface area contributed by atoms with Crippen molar-refractivity contribution in [1.82, 2.24) is 20.2 Å². The third kappa shape index (κ3) is 6.97. The van der Waals surface area contributed by atoms with Gasteiger partial charge in [-0.3, -0.25) is 9.69 Å². The van der Waals surface area contributed by atoms with E-state index < -0.39 is 0 Å². The van der Waals surface area contributed by atoms with Gasteiger partial charge in [0.05, 0.1) is 11.4 Å². The Balaban J connectivity index is 1.51. The van der Waals surface area contributed by atoms with Gasteiger partial charge in [0.15, 0.2) is 5.16 Å². The first-order chi connectivity index (χ1) is 15.1. The zero-order valence-electron chi connectivity index (χ0n) is 18.6. The van der Waals surface area contributed by atoms with Crippen molar-refractivity contribution in [3.63, 3.8) is 0 Å². The van der Waals surface area contributed by atoms with Crippen molar-refractivity contribution in [2.24, 2.45) is 0 Å². The number of thioether (sulfide) groups is 1. The molecule has 164 valence electrons. The molecule has 1 amide bonds. The van der Waals surface area contributed by atoms with Gasteiger partial charge in [-0.05, 0) is 36.7 Å². The number of benzene rings is 2. The number of nitrogens with zero attached hydrogens (tertiary/aromatic N) is 2. The van der Waals surface area contributed by atoms with Crippen LogP contribution in [-0.4, -0.2) is 39.6 Å². The summed E-state index contributed by atoms with van der Waals surface area (Å²) in [7, 11) is 0. The van der Waals surface area contributed by atoms with Crippen molar-refractivity contribution >= 4 is 17.7 Å². The third-order valence-electron chi connectivity index (χ3n) is 5.40. The number of aromatic nitrogens is 2. The van der Waals surface area contributed by atoms with Crippen LogP contribution in [0.5, 0.6) is 0 Å². The summed E-state index contributed by atoms with van der Waals surface area (Å²) in [5.74, 6) is 0.358. The minimum atomic E-state index is 0.0151. The molecule has 0 unspecified atom stereocenters. The molecule has 0 aliphatic carbocycles. The molecule has 0 saturated heterocycles. The Hall–Kier alpha value is -2.57. The normalized spacial score (nSPS) is 11.1. The minimum absolute atomic E-state index is 0.0151. The van der Waals surface area contributed by atoms with Crippen molar-refractivity contribution in [2.75, 3.05) is 18.8 Å². The van der Waals surface area contributed by atoms with Crippen molar-refractivity contribution < 1.29 is 4.79 Å². The standard InChI is InChI=1S/C25H32N4OS/c1-4-29(5-2)17-22-14-10-9-13-21(22)16-26-24(30)18-31-25-27-19(3)23(28-25)15-20-11-7-6-8-12-20/h6-14H,4-5,15-18H2,1-3H3,(H,26,30)(H,27,28). The summed E-state index contributed by atoms with van der Waals surface area (Å²) in [6.07, 6.45) is 0.791. The van der Waals surface area contributed by atoms with E-state index >= 15 is 0 Å². The van der Waals surface area contributed by atoms with E-state index in [9.17, 15) is 4.79 Å². The van der Waals surface area contributed by atoms with E-state index in [1.165, 1.54) is 28.5 Å². The van der Waals surface area contributed by atoms with Gasteiger partial charge in [-0.2, -0.15) is 0 Å². The number of amides is 1. The molecule has 0 radical (unpaired) electrons. The Morgan fingerprint density at radius 2 is 1.71 bits per heavy atom. The van der Waals surface area contributed by atoms with E-state index in [0.29, 0.717) is 12.3 Å². The van der Waals surface area contributed by atoms with Crippen molar-refractivity contribution in [1.29, 1.82) is 0 Å². The molecule has 3 rings (SSSR count). The Morgan fingerprint density at radius 1 is 1.03 bits per heavy atom. The Morgan fingerprint density at radius 3 is 2.42 bits per heavy atom. The zero-order valence-corrected chi connectivity index (χ0v) is 19.5. The summed E-state index contributed by atoms with van der Waals surface area (Å²) >= 11 is 1.44. The molecule has 5 nitrogen and oxygen atoms in total. The van der Waals surface area contributed by atoms with Gasteiger partial charge < -0.3 is 10.3 Å². The number of hydrogen-bond acceptors (Lipinski definition) is 4. The molecular formula is C25H32N4OS. The zero-order chi connectivity index (χ0) is 22.1. The van der Waals surface area contributed by atoms with Crippen LogP contribution in [0, 0.1) is 6.92 Å². The monoisotopic (exact) mass is 436 g/mol. The van der Waals surface area contributed by atoms with E-state index in [1.54, 1.807) is 0 Å². The number of aromatic amines is 1. The molecule has 1 heterocycles. The number of imidazole rings is 1. The lowest BCUT2D eigenvalue weighted by Gasteiger charge is -2.20. The third-order valence-corrected chi connectivity index (χ3v) is 6.27. The number of rotatable bonds is 11. The number of aryl methyl sites for hydroxylation is 1. The highest BCUT2D eigenvalue weighted by molar-refractivity contribution is 7.99. The maximum absolute atomic E-state index is 12.4. The summed E-state index contributed by atoms with van der Waals surface area (Å²) in [6.45, 7) is 9.87. The summed E-state index contributed by atoms with van der Waals surface area (Å²) in [6, 6.07) is 18.6. The molecule has 0 aliphatic rings. The quantitative estimate of drug-likeness (QED) is 0.433. The molecule has 0 spiro atoms. The van der Waals surface area contributed by atoms with Crippen LogP contribution in [0.4, 0.5) is 0 Å². The summed E-state index contributed by atoms with van der Waals surface area (Å²) in [4.78, 5) is 22.8. The topological polar surface area (TPSA) is 61.0 Å². The molecule has 0 fully saturated rings. The maximum Gasteiger partial charge on any atom is 0.230 e. The highest BCUT2D eigenvalue weighted by Crippen LogP contribution is 2.19. The number of nitrogens with one attached hydrogen (secondary N) is 2. The van der Waals surface area contributed by atoms with Crippen LogP contribution in [-0.2, 0) is 24.3 Å². The molecule has 2 aromatic carbocycles. The highest BCUT2D eigenvalue weighted by atomic mass is 32.2. The second kappa shape index (κ2) is 11.7. The van der Waals surface area contributed by atoms with Gasteiger partial charge in [-0.25, -0.2) is 4.98 Å². The Labute approximate surface area is 189 Å². The maximum atomic E-state index is 12.4. The molecular weight excluding hydrogens is 404 g/mol. The van der Waals surface area contributed by atoms with Crippen molar-refractivity contribution in [3.05, 3.63) is 82.7 Å². The van der Waals surface area contributed by atoms with Crippen LogP contribution in [0.15, 0.2) is 59.8 Å². The SMILES string of the molecule is CCN(CC)Cc1ccccc1CNC(=O)CSc1nc(Cc2ccccc2)c(C)[nH]1. The average molecular weight is 437 g/mol. The van der Waals surface area contributed by atoms with Crippen LogP contribution < -0.4 is 5.32 Å². The number of H-pyrrole nitrogens is 1. The van der Waals surface area contributed by atoms with Crippen LogP contribution >= 0.6 is 11.8 Å². The Bertz CT molecular complexity index is 967. The van der Waals surface area contributed by atoms with Gasteiger partial charge in [0.25, 0.3) is 0 Å². The lowest BCUT2D eigenvalue weighted by atomic mass is 10.1. The smallest absolute Gasteiger partial charge is 0.230 e. The molecule has 0 aliphatic heterocycles. The largest absolute Gasteiger partial charge is 0.351 e. The van der Waals surface area contributed by atoms with Gasteiger partial charge in [0, 0.05) is 25.2 Å². The molecule has 2 N–H and O–H groups in total. The molecule has 0 atom stereocenters. The fourth-order valence-corrected chi connectivity index (χ4v) is 4.22. The van der Waals surface area contributed by atoms with E-state index in [1.807, 2.05) is 31.2 Å². The predicted octanol–water partition coefficient (Wildman–Crippen LogP) is 4.56. The average Bonchev–Trinajstić information content (AvgIpc) is 3.15. The van der Waals surface area contributed by atoms with Gasteiger partial charge >= 0.3 is 0 Å². The Kier molecular flexibility index (Phi) is 8.74. The lowest BCUT2D eigenvalue weighted by Crippen LogP contribution is -2.27. The summed E-state index contributed by atoms with van der Waals surface area (Å²) in [5, 5.41) is 3.85. The summed E-state index contributed by atoms with van der Waals surface area (Å²) in [5.41, 5.74) is 5.75. The lowest BCUT2D eigenvalue weighted by molar-refractivity contribution is -0.118. The fraction of sp³-hybridized carbons (Fsp3) is 0.360. The second-order valence-electron chi connectivity index (χ2n) is 7.57.